The third-order valence-electron chi connectivity index (χ3n) is 5.19. The van der Waals surface area contributed by atoms with Crippen LogP contribution in [0.25, 0.3) is 0 Å². The van der Waals surface area contributed by atoms with Gasteiger partial charge in [-0.15, -0.1) is 0 Å². The predicted octanol–water partition coefficient (Wildman–Crippen LogP) is 3.77. The molecule has 2 aliphatic rings. The lowest BCUT2D eigenvalue weighted by molar-refractivity contribution is -0.138. The van der Waals surface area contributed by atoms with E-state index in [0.717, 1.165) is 24.3 Å². The molecule has 0 spiro atoms. The van der Waals surface area contributed by atoms with Crippen LogP contribution in [0.15, 0.2) is 46.8 Å². The van der Waals surface area contributed by atoms with Gasteiger partial charge in [-0.3, -0.25) is 0 Å². The lowest BCUT2D eigenvalue weighted by Gasteiger charge is -2.35. The highest BCUT2D eigenvalue weighted by molar-refractivity contribution is 6.00. The van der Waals surface area contributed by atoms with E-state index in [1.807, 2.05) is 4.90 Å². The standard InChI is InChI=1S/C20H20F3NO4/c1-11-15(18(25)27-2)16(12-6-8-13(9-7-12)20(21,22)23)17(19(26)28-3)14-5-4-10-24(11)14/h6-9,16H,4-5,10H2,1-3H3. The Balaban J connectivity index is 2.21. The molecular weight excluding hydrogens is 375 g/mol. The Morgan fingerprint density at radius 3 is 2.14 bits per heavy atom. The van der Waals surface area contributed by atoms with E-state index in [-0.39, 0.29) is 11.1 Å². The number of esters is 2. The first-order valence-corrected chi connectivity index (χ1v) is 8.75. The number of nitrogens with zero attached hydrogens (tertiary/aromatic N) is 1. The van der Waals surface area contributed by atoms with Crippen LogP contribution in [-0.4, -0.2) is 37.6 Å². The molecule has 28 heavy (non-hydrogen) atoms. The smallest absolute Gasteiger partial charge is 0.416 e. The van der Waals surface area contributed by atoms with Crippen LogP contribution >= 0.6 is 0 Å². The summed E-state index contributed by atoms with van der Waals surface area (Å²) in [4.78, 5) is 27.1. The Morgan fingerprint density at radius 1 is 1.04 bits per heavy atom. The molecule has 0 saturated carbocycles. The van der Waals surface area contributed by atoms with Crippen molar-refractivity contribution in [1.29, 1.82) is 0 Å². The Labute approximate surface area is 160 Å². The highest BCUT2D eigenvalue weighted by atomic mass is 19.4. The minimum atomic E-state index is -4.48. The number of rotatable bonds is 3. The van der Waals surface area contributed by atoms with Crippen molar-refractivity contribution in [3.8, 4) is 0 Å². The predicted molar refractivity (Wildman–Crippen MR) is 93.9 cm³/mol. The van der Waals surface area contributed by atoms with Crippen molar-refractivity contribution in [3.63, 3.8) is 0 Å². The Kier molecular flexibility index (Phi) is 5.23. The van der Waals surface area contributed by atoms with E-state index in [1.165, 1.54) is 26.4 Å². The molecule has 0 radical (unpaired) electrons. The van der Waals surface area contributed by atoms with Crippen molar-refractivity contribution in [1.82, 2.24) is 4.90 Å². The van der Waals surface area contributed by atoms with Crippen molar-refractivity contribution in [2.45, 2.75) is 31.9 Å². The van der Waals surface area contributed by atoms with Crippen LogP contribution in [0.1, 0.15) is 36.8 Å². The number of ether oxygens (including phenoxy) is 2. The van der Waals surface area contributed by atoms with Gasteiger partial charge in [-0.2, -0.15) is 13.2 Å². The maximum absolute atomic E-state index is 12.9. The molecule has 1 fully saturated rings. The fourth-order valence-corrected chi connectivity index (χ4v) is 3.91. The topological polar surface area (TPSA) is 55.8 Å². The highest BCUT2D eigenvalue weighted by Gasteiger charge is 2.43. The summed E-state index contributed by atoms with van der Waals surface area (Å²) in [6.07, 6.45) is -3.07. The van der Waals surface area contributed by atoms with Gasteiger partial charge >= 0.3 is 18.1 Å². The van der Waals surface area contributed by atoms with Crippen molar-refractivity contribution < 1.29 is 32.2 Å². The molecule has 5 nitrogen and oxygen atoms in total. The summed E-state index contributed by atoms with van der Waals surface area (Å²) in [6, 6.07) is 4.47. The molecule has 0 amide bonds. The Hall–Kier alpha value is -2.77. The quantitative estimate of drug-likeness (QED) is 0.730. The SMILES string of the molecule is COC(=O)C1=C(C)N2CCCC2=C(C(=O)OC)C1c1ccc(C(F)(F)F)cc1. The maximum Gasteiger partial charge on any atom is 0.416 e. The molecule has 1 unspecified atom stereocenters. The number of halogens is 3. The molecule has 150 valence electrons. The van der Waals surface area contributed by atoms with Crippen molar-refractivity contribution in [3.05, 3.63) is 57.9 Å². The lowest BCUT2D eigenvalue weighted by atomic mass is 9.79. The van der Waals surface area contributed by atoms with E-state index in [9.17, 15) is 22.8 Å². The summed E-state index contributed by atoms with van der Waals surface area (Å²) in [6.45, 7) is 2.39. The van der Waals surface area contributed by atoms with E-state index < -0.39 is 29.6 Å². The number of benzene rings is 1. The highest BCUT2D eigenvalue weighted by Crippen LogP contribution is 2.46. The molecule has 0 bridgehead atoms. The zero-order valence-corrected chi connectivity index (χ0v) is 15.7. The van der Waals surface area contributed by atoms with Crippen LogP contribution in [0.2, 0.25) is 0 Å². The molecule has 1 aromatic carbocycles. The first kappa shape index (κ1) is 20.0. The normalized spacial score (nSPS) is 19.6. The average Bonchev–Trinajstić information content (AvgIpc) is 3.16. The summed E-state index contributed by atoms with van der Waals surface area (Å²) in [5, 5.41) is 0. The summed E-state index contributed by atoms with van der Waals surface area (Å²) >= 11 is 0. The van der Waals surface area contributed by atoms with Gasteiger partial charge in [-0.05, 0) is 37.5 Å². The molecule has 1 saturated heterocycles. The number of hydrogen-bond acceptors (Lipinski definition) is 5. The van der Waals surface area contributed by atoms with Gasteiger partial charge in [0.1, 0.15) is 0 Å². The number of carbonyl (C=O) groups is 2. The number of carbonyl (C=O) groups excluding carboxylic acids is 2. The zero-order chi connectivity index (χ0) is 20.6. The molecule has 8 heteroatoms. The second-order valence-corrected chi connectivity index (χ2v) is 6.65. The Bertz CT molecular complexity index is 868. The van der Waals surface area contributed by atoms with Gasteiger partial charge in [0.05, 0.1) is 36.8 Å². The molecular formula is C20H20F3NO4. The Morgan fingerprint density at radius 2 is 1.61 bits per heavy atom. The number of alkyl halides is 3. The van der Waals surface area contributed by atoms with Gasteiger partial charge < -0.3 is 14.4 Å². The minimum Gasteiger partial charge on any atom is -0.466 e. The van der Waals surface area contributed by atoms with E-state index in [0.29, 0.717) is 24.2 Å². The number of methoxy groups -OCH3 is 2. The minimum absolute atomic E-state index is 0.230. The largest absolute Gasteiger partial charge is 0.466 e. The molecule has 2 aliphatic heterocycles. The molecule has 3 rings (SSSR count). The molecule has 0 aromatic heterocycles. The first-order valence-electron chi connectivity index (χ1n) is 8.75. The number of fused-ring (bicyclic) bond motifs is 1. The monoisotopic (exact) mass is 395 g/mol. The third kappa shape index (κ3) is 3.27. The van der Waals surface area contributed by atoms with Gasteiger partial charge in [0.15, 0.2) is 0 Å². The van der Waals surface area contributed by atoms with Crippen molar-refractivity contribution in [2.75, 3.05) is 20.8 Å². The summed E-state index contributed by atoms with van der Waals surface area (Å²) in [5.74, 6) is -2.10. The van der Waals surface area contributed by atoms with E-state index in [4.69, 9.17) is 9.47 Å². The average molecular weight is 395 g/mol. The van der Waals surface area contributed by atoms with E-state index in [1.54, 1.807) is 6.92 Å². The molecule has 2 heterocycles. The summed E-state index contributed by atoms with van der Waals surface area (Å²) < 4.78 is 48.7. The number of hydrogen-bond donors (Lipinski definition) is 0. The van der Waals surface area contributed by atoms with Crippen LogP contribution < -0.4 is 0 Å². The summed E-state index contributed by atoms with van der Waals surface area (Å²) in [7, 11) is 2.47. The third-order valence-corrected chi connectivity index (χ3v) is 5.19. The maximum atomic E-state index is 12.9. The van der Waals surface area contributed by atoms with Gasteiger partial charge in [-0.1, -0.05) is 12.1 Å². The zero-order valence-electron chi connectivity index (χ0n) is 15.7. The van der Waals surface area contributed by atoms with Gasteiger partial charge in [0.2, 0.25) is 0 Å². The lowest BCUT2D eigenvalue weighted by Crippen LogP contribution is -2.33. The molecule has 1 atom stereocenters. The van der Waals surface area contributed by atoms with Crippen molar-refractivity contribution in [2.24, 2.45) is 0 Å². The van der Waals surface area contributed by atoms with Crippen LogP contribution in [0.5, 0.6) is 0 Å². The molecule has 0 N–H and O–H groups in total. The second-order valence-electron chi connectivity index (χ2n) is 6.65. The molecule has 0 aliphatic carbocycles. The molecule has 1 aromatic rings. The fraction of sp³-hybridized carbons (Fsp3) is 0.400. The summed E-state index contributed by atoms with van der Waals surface area (Å²) in [5.41, 5.74) is 1.47. The van der Waals surface area contributed by atoms with E-state index >= 15 is 0 Å². The van der Waals surface area contributed by atoms with Crippen LogP contribution in [-0.2, 0) is 25.2 Å². The fourth-order valence-electron chi connectivity index (χ4n) is 3.91. The van der Waals surface area contributed by atoms with E-state index in [2.05, 4.69) is 0 Å². The van der Waals surface area contributed by atoms with Gasteiger partial charge in [-0.25, -0.2) is 9.59 Å². The first-order chi connectivity index (χ1) is 13.2. The second kappa shape index (κ2) is 7.33. The number of allylic oxidation sites excluding steroid dienone is 2. The van der Waals surface area contributed by atoms with Crippen LogP contribution in [0.4, 0.5) is 13.2 Å². The van der Waals surface area contributed by atoms with Crippen LogP contribution in [0, 0.1) is 0 Å². The van der Waals surface area contributed by atoms with Crippen LogP contribution in [0.3, 0.4) is 0 Å². The van der Waals surface area contributed by atoms with Gasteiger partial charge in [0, 0.05) is 17.9 Å². The van der Waals surface area contributed by atoms with Crippen molar-refractivity contribution >= 4 is 11.9 Å². The van der Waals surface area contributed by atoms with Gasteiger partial charge in [0.25, 0.3) is 0 Å².